The number of carboxylic acids is 2. The van der Waals surface area contributed by atoms with Crippen molar-refractivity contribution in [2.75, 3.05) is 0 Å². The van der Waals surface area contributed by atoms with E-state index in [2.05, 4.69) is 4.74 Å². The second-order valence-corrected chi connectivity index (χ2v) is 3.23. The van der Waals surface area contributed by atoms with E-state index in [0.717, 1.165) is 12.1 Å². The molecular formula is C10H8F2O5. The second kappa shape index (κ2) is 4.36. The molecule has 1 aromatic rings. The molecule has 0 saturated carbocycles. The molecule has 2 N–H and O–H groups in total. The molecule has 0 fully saturated rings. The van der Waals surface area contributed by atoms with Crippen LogP contribution < -0.4 is 4.74 Å². The van der Waals surface area contributed by atoms with E-state index in [1.54, 1.807) is 0 Å². The highest BCUT2D eigenvalue weighted by Crippen LogP contribution is 2.26. The van der Waals surface area contributed by atoms with E-state index < -0.39 is 29.4 Å². The lowest BCUT2D eigenvalue weighted by Crippen LogP contribution is -2.35. The number of hydrogen-bond donors (Lipinski definition) is 2. The van der Waals surface area contributed by atoms with Gasteiger partial charge in [0.15, 0.2) is 0 Å². The first-order valence-electron chi connectivity index (χ1n) is 4.38. The number of alkyl halides is 2. The van der Waals surface area contributed by atoms with Crippen molar-refractivity contribution in [1.82, 2.24) is 0 Å². The van der Waals surface area contributed by atoms with Crippen LogP contribution in [0.1, 0.15) is 15.9 Å². The molecule has 0 bridgehead atoms. The van der Waals surface area contributed by atoms with Gasteiger partial charge in [-0.1, -0.05) is 6.07 Å². The van der Waals surface area contributed by atoms with Crippen LogP contribution in [0.15, 0.2) is 18.2 Å². The monoisotopic (exact) mass is 246 g/mol. The zero-order valence-electron chi connectivity index (χ0n) is 8.61. The number of aryl methyl sites for hydroxylation is 1. The Kier molecular flexibility index (Phi) is 3.31. The molecule has 92 valence electrons. The molecule has 1 aromatic carbocycles. The summed E-state index contributed by atoms with van der Waals surface area (Å²) in [7, 11) is 0. The van der Waals surface area contributed by atoms with Crippen LogP contribution in [-0.4, -0.2) is 28.3 Å². The number of carboxylic acid groups (broad SMARTS) is 2. The summed E-state index contributed by atoms with van der Waals surface area (Å²) in [4.78, 5) is 20.9. The summed E-state index contributed by atoms with van der Waals surface area (Å²) in [6.45, 7) is 1.53. The largest absolute Gasteiger partial charge is 0.501 e. The first-order chi connectivity index (χ1) is 7.74. The van der Waals surface area contributed by atoms with Gasteiger partial charge in [-0.3, -0.25) is 0 Å². The van der Waals surface area contributed by atoms with E-state index in [1.807, 2.05) is 0 Å². The van der Waals surface area contributed by atoms with Crippen LogP contribution in [0.3, 0.4) is 0 Å². The molecule has 17 heavy (non-hydrogen) atoms. The number of halogens is 2. The van der Waals surface area contributed by atoms with Gasteiger partial charge in [-0.2, -0.15) is 8.78 Å². The number of carbonyl (C=O) groups is 2. The van der Waals surface area contributed by atoms with Crippen LogP contribution in [-0.2, 0) is 4.79 Å². The minimum Gasteiger partial charge on any atom is -0.478 e. The topological polar surface area (TPSA) is 83.8 Å². The van der Waals surface area contributed by atoms with Gasteiger partial charge in [0.2, 0.25) is 0 Å². The van der Waals surface area contributed by atoms with Gasteiger partial charge in [0.05, 0.1) is 0 Å². The summed E-state index contributed by atoms with van der Waals surface area (Å²) in [5, 5.41) is 16.9. The second-order valence-electron chi connectivity index (χ2n) is 3.23. The highest BCUT2D eigenvalue weighted by molar-refractivity contribution is 5.91. The molecular weight excluding hydrogens is 238 g/mol. The van der Waals surface area contributed by atoms with Crippen molar-refractivity contribution in [3.63, 3.8) is 0 Å². The van der Waals surface area contributed by atoms with Gasteiger partial charge >= 0.3 is 18.0 Å². The normalized spacial score (nSPS) is 11.0. The van der Waals surface area contributed by atoms with Gasteiger partial charge in [0.25, 0.3) is 0 Å². The summed E-state index contributed by atoms with van der Waals surface area (Å²) < 4.78 is 29.5. The maximum atomic E-state index is 12.8. The Labute approximate surface area is 94.2 Å². The summed E-state index contributed by atoms with van der Waals surface area (Å²) in [5.41, 5.74) is -0.0669. The van der Waals surface area contributed by atoms with Crippen molar-refractivity contribution in [2.24, 2.45) is 0 Å². The van der Waals surface area contributed by atoms with Crippen LogP contribution in [0.5, 0.6) is 5.75 Å². The molecule has 0 aliphatic carbocycles. The number of rotatable bonds is 4. The lowest BCUT2D eigenvalue weighted by molar-refractivity contribution is -0.211. The Morgan fingerprint density at radius 1 is 1.29 bits per heavy atom. The quantitative estimate of drug-likeness (QED) is 0.845. The number of benzene rings is 1. The van der Waals surface area contributed by atoms with Crippen molar-refractivity contribution < 1.29 is 33.3 Å². The number of aromatic carboxylic acids is 1. The Morgan fingerprint density at radius 3 is 2.35 bits per heavy atom. The molecule has 5 nitrogen and oxygen atoms in total. The lowest BCUT2D eigenvalue weighted by atomic mass is 10.1. The van der Waals surface area contributed by atoms with Crippen molar-refractivity contribution >= 4 is 11.9 Å². The van der Waals surface area contributed by atoms with Gasteiger partial charge in [-0.25, -0.2) is 9.59 Å². The first-order valence-corrected chi connectivity index (χ1v) is 4.38. The van der Waals surface area contributed by atoms with E-state index in [4.69, 9.17) is 10.2 Å². The molecule has 1 rings (SSSR count). The first kappa shape index (κ1) is 12.9. The Bertz CT molecular complexity index is 470. The van der Waals surface area contributed by atoms with Crippen LogP contribution in [0, 0.1) is 6.92 Å². The van der Waals surface area contributed by atoms with Crippen LogP contribution in [0.4, 0.5) is 8.78 Å². The number of hydrogen-bond acceptors (Lipinski definition) is 3. The van der Waals surface area contributed by atoms with Crippen LogP contribution in [0.25, 0.3) is 0 Å². The van der Waals surface area contributed by atoms with Gasteiger partial charge < -0.3 is 14.9 Å². The zero-order chi connectivity index (χ0) is 13.2. The van der Waals surface area contributed by atoms with Gasteiger partial charge in [-0.05, 0) is 24.6 Å². The molecule has 0 atom stereocenters. The van der Waals surface area contributed by atoms with Crippen LogP contribution in [0.2, 0.25) is 0 Å². The molecule has 0 heterocycles. The third-order valence-corrected chi connectivity index (χ3v) is 1.85. The SMILES string of the molecule is Cc1ccc(C(=O)O)c(OC(F)(F)C(=O)O)c1. The number of aliphatic carboxylic acids is 1. The van der Waals surface area contributed by atoms with Crippen molar-refractivity contribution in [3.8, 4) is 5.75 Å². The lowest BCUT2D eigenvalue weighted by Gasteiger charge is -2.15. The zero-order valence-corrected chi connectivity index (χ0v) is 8.61. The Balaban J connectivity index is 3.17. The Hall–Kier alpha value is -2.18. The average molecular weight is 246 g/mol. The summed E-state index contributed by atoms with van der Waals surface area (Å²) in [5.74, 6) is -4.67. The fourth-order valence-electron chi connectivity index (χ4n) is 1.07. The maximum Gasteiger partial charge on any atom is 0.501 e. The fraction of sp³-hybridized carbons (Fsp3) is 0.200. The molecule has 0 aliphatic rings. The predicted molar refractivity (Wildman–Crippen MR) is 51.3 cm³/mol. The van der Waals surface area contributed by atoms with Crippen molar-refractivity contribution in [1.29, 1.82) is 0 Å². The molecule has 0 aromatic heterocycles. The minimum absolute atomic E-state index is 0.464. The molecule has 0 radical (unpaired) electrons. The van der Waals surface area contributed by atoms with E-state index in [1.165, 1.54) is 13.0 Å². The summed E-state index contributed by atoms with van der Waals surface area (Å²) >= 11 is 0. The standard InChI is InChI=1S/C10H8F2O5/c1-5-2-3-6(8(13)14)7(4-5)17-10(11,12)9(15)16/h2-4H,1H3,(H,13,14)(H,15,16). The molecule has 0 spiro atoms. The molecule has 0 saturated heterocycles. The van der Waals surface area contributed by atoms with Gasteiger partial charge in [0, 0.05) is 0 Å². The van der Waals surface area contributed by atoms with Crippen molar-refractivity contribution in [2.45, 2.75) is 13.0 Å². The summed E-state index contributed by atoms with van der Waals surface area (Å²) in [6, 6.07) is 3.47. The molecule has 0 aliphatic heterocycles. The van der Waals surface area contributed by atoms with Gasteiger partial charge in [0.1, 0.15) is 11.3 Å². The maximum absolute atomic E-state index is 12.8. The summed E-state index contributed by atoms with van der Waals surface area (Å²) in [6.07, 6.45) is -4.47. The molecule has 0 amide bonds. The van der Waals surface area contributed by atoms with Gasteiger partial charge in [-0.15, -0.1) is 0 Å². The third-order valence-electron chi connectivity index (χ3n) is 1.85. The molecule has 0 unspecified atom stereocenters. The average Bonchev–Trinajstić information content (AvgIpc) is 2.15. The third kappa shape index (κ3) is 2.90. The number of ether oxygens (including phenoxy) is 1. The molecule has 7 heteroatoms. The van der Waals surface area contributed by atoms with E-state index >= 15 is 0 Å². The van der Waals surface area contributed by atoms with Crippen molar-refractivity contribution in [3.05, 3.63) is 29.3 Å². The van der Waals surface area contributed by atoms with E-state index in [-0.39, 0.29) is 0 Å². The van der Waals surface area contributed by atoms with Crippen LogP contribution >= 0.6 is 0 Å². The smallest absolute Gasteiger partial charge is 0.478 e. The highest BCUT2D eigenvalue weighted by Gasteiger charge is 2.43. The fourth-order valence-corrected chi connectivity index (χ4v) is 1.07. The van der Waals surface area contributed by atoms with E-state index in [9.17, 15) is 18.4 Å². The Morgan fingerprint density at radius 2 is 1.88 bits per heavy atom. The predicted octanol–water partition coefficient (Wildman–Crippen LogP) is 1.75. The van der Waals surface area contributed by atoms with E-state index in [0.29, 0.717) is 5.56 Å². The minimum atomic E-state index is -4.47. The highest BCUT2D eigenvalue weighted by atomic mass is 19.3.